The van der Waals surface area contributed by atoms with Crippen molar-refractivity contribution >= 4 is 5.97 Å². The molecule has 1 rings (SSSR count). The summed E-state index contributed by atoms with van der Waals surface area (Å²) in [6, 6.07) is 8.06. The van der Waals surface area contributed by atoms with Gasteiger partial charge in [-0.05, 0) is 12.0 Å². The molecule has 238 valence electrons. The summed E-state index contributed by atoms with van der Waals surface area (Å²) in [5.41, 5.74) is 0.220. The van der Waals surface area contributed by atoms with Gasteiger partial charge in [0.2, 0.25) is 0 Å². The van der Waals surface area contributed by atoms with Crippen LogP contribution in [0.25, 0.3) is 0 Å². The number of hydrogen-bond acceptors (Lipinski definition) is 12. The maximum atomic E-state index is 10.1. The molecule has 10 N–H and O–H groups in total. The average Bonchev–Trinajstić information content (AvgIpc) is 2.99. The molecular weight excluding hydrogens is 551 g/mol. The van der Waals surface area contributed by atoms with Crippen molar-refractivity contribution in [1.29, 1.82) is 0 Å². The second-order valence-electron chi connectivity index (χ2n) is 9.06. The topological polar surface area (TPSA) is 242 Å². The monoisotopic (exact) mass is 604 g/mol. The van der Waals surface area contributed by atoms with Gasteiger partial charge in [0.05, 0.1) is 32.4 Å². The van der Waals surface area contributed by atoms with Crippen LogP contribution >= 0.6 is 0 Å². The largest absolute Gasteiger partial charge is 1.00 e. The molecule has 13 heteroatoms. The van der Waals surface area contributed by atoms with Crippen LogP contribution in [-0.2, 0) is 0 Å². The van der Waals surface area contributed by atoms with E-state index in [9.17, 15) is 9.90 Å². The van der Waals surface area contributed by atoms with Gasteiger partial charge in [0.1, 0.15) is 30.5 Å². The zero-order valence-electron chi connectivity index (χ0n) is 24.7. The Bertz CT molecular complexity index is 614. The number of carboxylic acids is 1. The summed E-state index contributed by atoms with van der Waals surface area (Å²) in [5.74, 6) is -1.13. The molecule has 1 aromatic carbocycles. The van der Waals surface area contributed by atoms with Crippen LogP contribution in [0.2, 0.25) is 0 Å². The summed E-state index contributed by atoms with van der Waals surface area (Å²) in [7, 11) is 0. The van der Waals surface area contributed by atoms with Gasteiger partial charge in [-0.3, -0.25) is 0 Å². The van der Waals surface area contributed by atoms with Crippen molar-refractivity contribution in [2.24, 2.45) is 0 Å². The molecule has 0 radical (unpaired) electrons. The Labute approximate surface area is 266 Å². The standard InChI is InChI=1S/C12H26O.C7H6O2.C6H14O6.C3H8O3.Na/c1-2-3-4-5-6-7-8-9-10-11-12-13;8-7(9)6-4-2-1-3-5-6;7-1-3(9)5(11)6(12)4(10)2-8;4-1-3(6)2-5;/h13H,2-12H2,1H3;1-5H,(H,8,9);3-12H,1-2H2;3-6H,1-2H2;/q;;;;+1/p-1. The van der Waals surface area contributed by atoms with Gasteiger partial charge in [-0.1, -0.05) is 95.0 Å². The molecule has 4 unspecified atom stereocenters. The molecule has 0 fully saturated rings. The van der Waals surface area contributed by atoms with Crippen molar-refractivity contribution in [3.8, 4) is 0 Å². The average molecular weight is 605 g/mol. The number of rotatable bonds is 18. The molecule has 0 spiro atoms. The number of carbonyl (C=O) groups excluding carboxylic acids is 1. The van der Waals surface area contributed by atoms with Crippen LogP contribution in [0.3, 0.4) is 0 Å². The Morgan fingerprint density at radius 1 is 0.634 bits per heavy atom. The van der Waals surface area contributed by atoms with E-state index in [1.165, 1.54) is 69.9 Å². The van der Waals surface area contributed by atoms with Crippen molar-refractivity contribution in [3.63, 3.8) is 0 Å². The van der Waals surface area contributed by atoms with E-state index in [1.807, 2.05) is 0 Å². The van der Waals surface area contributed by atoms with Crippen LogP contribution in [0, 0.1) is 0 Å². The fraction of sp³-hybridized carbons (Fsp3) is 0.750. The normalized spacial score (nSPS) is 13.1. The third kappa shape index (κ3) is 32.0. The van der Waals surface area contributed by atoms with Gasteiger partial charge in [-0.25, -0.2) is 0 Å². The zero-order chi connectivity index (χ0) is 31.2. The Balaban J connectivity index is -0.000000228. The molecular formula is C28H53NaO12. The smallest absolute Gasteiger partial charge is 0.545 e. The number of aliphatic hydroxyl groups excluding tert-OH is 10. The van der Waals surface area contributed by atoms with Crippen LogP contribution in [0.5, 0.6) is 0 Å². The van der Waals surface area contributed by atoms with Crippen LogP contribution in [0.4, 0.5) is 0 Å². The predicted octanol–water partition coefficient (Wildman–Crippen LogP) is -4.30. The van der Waals surface area contributed by atoms with E-state index in [-0.39, 0.29) is 48.3 Å². The van der Waals surface area contributed by atoms with E-state index >= 15 is 0 Å². The van der Waals surface area contributed by atoms with Gasteiger partial charge in [0, 0.05) is 6.61 Å². The van der Waals surface area contributed by atoms with E-state index in [0.717, 1.165) is 6.42 Å². The molecule has 0 bridgehead atoms. The third-order valence-corrected chi connectivity index (χ3v) is 5.46. The Morgan fingerprint density at radius 3 is 1.24 bits per heavy atom. The molecule has 0 aliphatic rings. The maximum absolute atomic E-state index is 10.1. The van der Waals surface area contributed by atoms with Crippen LogP contribution in [0.1, 0.15) is 81.5 Å². The third-order valence-electron chi connectivity index (χ3n) is 5.46. The minimum atomic E-state index is -1.67. The summed E-state index contributed by atoms with van der Waals surface area (Å²) in [6.07, 6.45) is 5.96. The Morgan fingerprint density at radius 2 is 1.00 bits per heavy atom. The van der Waals surface area contributed by atoms with Gasteiger partial charge < -0.3 is 61.0 Å². The van der Waals surface area contributed by atoms with E-state index in [0.29, 0.717) is 6.61 Å². The first kappa shape index (κ1) is 47.2. The summed E-state index contributed by atoms with van der Waals surface area (Å²) in [4.78, 5) is 10.1. The van der Waals surface area contributed by atoms with Crippen LogP contribution < -0.4 is 34.7 Å². The van der Waals surface area contributed by atoms with E-state index < -0.39 is 49.7 Å². The number of aliphatic hydroxyl groups is 10. The molecule has 41 heavy (non-hydrogen) atoms. The van der Waals surface area contributed by atoms with Crippen LogP contribution in [0.15, 0.2) is 30.3 Å². The maximum Gasteiger partial charge on any atom is 1.00 e. The molecule has 0 amide bonds. The quantitative estimate of drug-likeness (QED) is 0.0565. The fourth-order valence-corrected chi connectivity index (χ4v) is 2.90. The second kappa shape index (κ2) is 35.5. The predicted molar refractivity (Wildman–Crippen MR) is 148 cm³/mol. The minimum Gasteiger partial charge on any atom is -0.545 e. The van der Waals surface area contributed by atoms with Crippen molar-refractivity contribution in [2.45, 2.75) is 102 Å². The summed E-state index contributed by atoms with van der Waals surface area (Å²) in [6.45, 7) is 0.450. The first-order valence-corrected chi connectivity index (χ1v) is 13.8. The molecule has 4 atom stereocenters. The van der Waals surface area contributed by atoms with Gasteiger partial charge in [0.25, 0.3) is 0 Å². The number of benzene rings is 1. The molecule has 0 saturated heterocycles. The fourth-order valence-electron chi connectivity index (χ4n) is 2.90. The number of carboxylic acid groups (broad SMARTS) is 1. The second-order valence-corrected chi connectivity index (χ2v) is 9.06. The van der Waals surface area contributed by atoms with Crippen molar-refractivity contribution < 1.29 is 90.5 Å². The number of unbranched alkanes of at least 4 members (excludes halogenated alkanes) is 9. The van der Waals surface area contributed by atoms with Gasteiger partial charge in [0.15, 0.2) is 0 Å². The molecule has 0 heterocycles. The molecule has 0 aliphatic heterocycles. The number of aromatic carboxylic acids is 1. The molecule has 12 nitrogen and oxygen atoms in total. The first-order chi connectivity index (χ1) is 19.1. The minimum absolute atomic E-state index is 0. The van der Waals surface area contributed by atoms with Gasteiger partial charge in [-0.2, -0.15) is 0 Å². The summed E-state index contributed by atoms with van der Waals surface area (Å²) in [5, 5.41) is 94.8. The Kier molecular flexibility index (Phi) is 40.9. The number of carbonyl (C=O) groups is 1. The van der Waals surface area contributed by atoms with Gasteiger partial charge >= 0.3 is 29.6 Å². The van der Waals surface area contributed by atoms with E-state index in [2.05, 4.69) is 6.92 Å². The van der Waals surface area contributed by atoms with E-state index in [4.69, 9.17) is 51.1 Å². The Hall–Kier alpha value is -0.710. The van der Waals surface area contributed by atoms with Crippen molar-refractivity contribution in [1.82, 2.24) is 0 Å². The molecule has 0 saturated carbocycles. The molecule has 0 aliphatic carbocycles. The summed E-state index contributed by atoms with van der Waals surface area (Å²) < 4.78 is 0. The van der Waals surface area contributed by atoms with Gasteiger partial charge in [-0.15, -0.1) is 0 Å². The first-order valence-electron chi connectivity index (χ1n) is 13.8. The van der Waals surface area contributed by atoms with Crippen molar-refractivity contribution in [3.05, 3.63) is 35.9 Å². The molecule has 1 aromatic rings. The number of hydrogen-bond donors (Lipinski definition) is 10. The SMILES string of the molecule is CCCCCCCCCCCCO.O=C([O-])c1ccccc1.OCC(O)C(O)C(O)C(O)CO.OCC(O)CO.[Na+]. The van der Waals surface area contributed by atoms with Crippen LogP contribution in [-0.4, -0.2) is 121 Å². The summed E-state index contributed by atoms with van der Waals surface area (Å²) >= 11 is 0. The van der Waals surface area contributed by atoms with Crippen molar-refractivity contribution in [2.75, 3.05) is 33.0 Å². The zero-order valence-corrected chi connectivity index (χ0v) is 26.7. The van der Waals surface area contributed by atoms with E-state index in [1.54, 1.807) is 18.2 Å². The molecule has 0 aromatic heterocycles.